The van der Waals surface area contributed by atoms with Gasteiger partial charge < -0.3 is 19.5 Å². The maximum absolute atomic E-state index is 12.6. The number of carbonyl (C=O) groups is 1. The Morgan fingerprint density at radius 2 is 2.05 bits per heavy atom. The normalized spacial score (nSPS) is 19.6. The van der Waals surface area contributed by atoms with Crippen LogP contribution in [0.5, 0.6) is 11.5 Å². The number of rotatable bonds is 3. The number of para-hydroxylation sites is 1. The first kappa shape index (κ1) is 14.2. The van der Waals surface area contributed by atoms with Crippen molar-refractivity contribution >= 4 is 5.91 Å². The lowest BCUT2D eigenvalue weighted by atomic mass is 10.1. The highest BCUT2D eigenvalue weighted by atomic mass is 16.7. The van der Waals surface area contributed by atoms with E-state index in [0.29, 0.717) is 36.7 Å². The summed E-state index contributed by atoms with van der Waals surface area (Å²) in [6, 6.07) is 5.39. The summed E-state index contributed by atoms with van der Waals surface area (Å²) in [5.41, 5.74) is 0.564. The third kappa shape index (κ3) is 2.96. The number of amides is 1. The van der Waals surface area contributed by atoms with Crippen molar-refractivity contribution in [3.63, 3.8) is 0 Å². The van der Waals surface area contributed by atoms with Gasteiger partial charge in [-0.1, -0.05) is 6.07 Å². The van der Waals surface area contributed by atoms with Crippen molar-refractivity contribution in [1.29, 1.82) is 0 Å². The molecule has 1 fully saturated rings. The molecule has 6 heteroatoms. The van der Waals surface area contributed by atoms with Crippen LogP contribution < -0.4 is 9.47 Å². The van der Waals surface area contributed by atoms with Crippen LogP contribution in [0.2, 0.25) is 0 Å². The van der Waals surface area contributed by atoms with Crippen molar-refractivity contribution in [1.82, 2.24) is 9.80 Å². The van der Waals surface area contributed by atoms with Crippen LogP contribution >= 0.6 is 0 Å². The molecule has 3 rings (SSSR count). The second kappa shape index (κ2) is 5.91. The number of aliphatic hydroxyl groups excluding tert-OH is 1. The summed E-state index contributed by atoms with van der Waals surface area (Å²) < 4.78 is 10.7. The molecule has 0 bridgehead atoms. The van der Waals surface area contributed by atoms with Crippen LogP contribution in [0, 0.1) is 0 Å². The molecule has 2 heterocycles. The topological polar surface area (TPSA) is 62.2 Å². The van der Waals surface area contributed by atoms with Crippen LogP contribution in [0.3, 0.4) is 0 Å². The highest BCUT2D eigenvalue weighted by Crippen LogP contribution is 2.35. The zero-order valence-corrected chi connectivity index (χ0v) is 12.1. The van der Waals surface area contributed by atoms with Gasteiger partial charge in [-0.05, 0) is 19.1 Å². The lowest BCUT2D eigenvalue weighted by Gasteiger charge is -2.35. The molecule has 0 aliphatic carbocycles. The van der Waals surface area contributed by atoms with Gasteiger partial charge in [0.1, 0.15) is 0 Å². The molecule has 21 heavy (non-hydrogen) atoms. The summed E-state index contributed by atoms with van der Waals surface area (Å²) in [4.78, 5) is 16.6. The predicted octanol–water partition coefficient (Wildman–Crippen LogP) is 0.554. The number of ether oxygens (including phenoxy) is 2. The highest BCUT2D eigenvalue weighted by molar-refractivity contribution is 5.98. The van der Waals surface area contributed by atoms with E-state index in [2.05, 4.69) is 4.90 Å². The van der Waals surface area contributed by atoms with E-state index in [1.807, 2.05) is 11.0 Å². The van der Waals surface area contributed by atoms with Gasteiger partial charge in [-0.3, -0.25) is 9.69 Å². The molecule has 114 valence electrons. The third-order valence-corrected chi connectivity index (χ3v) is 3.81. The summed E-state index contributed by atoms with van der Waals surface area (Å²) in [5, 5.41) is 9.41. The molecule has 6 nitrogen and oxygen atoms in total. The fourth-order valence-electron chi connectivity index (χ4n) is 2.78. The molecule has 1 atom stereocenters. The first-order valence-electron chi connectivity index (χ1n) is 7.23. The van der Waals surface area contributed by atoms with Gasteiger partial charge in [-0.25, -0.2) is 0 Å². The summed E-state index contributed by atoms with van der Waals surface area (Å²) >= 11 is 0. The minimum Gasteiger partial charge on any atom is -0.454 e. The molecule has 0 spiro atoms. The standard InChI is InChI=1S/C15H20N2O4/c1-11(18)9-16-5-7-17(8-6-16)15(19)12-3-2-4-13-14(12)21-10-20-13/h2-4,11,18H,5-10H2,1H3/t11-/m1/s1. The SMILES string of the molecule is C[C@@H](O)CN1CCN(C(=O)c2cccc3c2OCO3)CC1. The number of benzene rings is 1. The number of fused-ring (bicyclic) bond motifs is 1. The second-order valence-corrected chi connectivity index (χ2v) is 5.48. The zero-order valence-electron chi connectivity index (χ0n) is 12.1. The van der Waals surface area contributed by atoms with E-state index in [1.54, 1.807) is 19.1 Å². The first-order chi connectivity index (χ1) is 10.1. The lowest BCUT2D eigenvalue weighted by Crippen LogP contribution is -2.50. The minimum atomic E-state index is -0.338. The van der Waals surface area contributed by atoms with E-state index in [0.717, 1.165) is 13.1 Å². The van der Waals surface area contributed by atoms with E-state index >= 15 is 0 Å². The predicted molar refractivity (Wildman–Crippen MR) is 76.6 cm³/mol. The van der Waals surface area contributed by atoms with Gasteiger partial charge in [0.2, 0.25) is 6.79 Å². The third-order valence-electron chi connectivity index (χ3n) is 3.81. The Kier molecular flexibility index (Phi) is 3.98. The van der Waals surface area contributed by atoms with Crippen molar-refractivity contribution in [2.45, 2.75) is 13.0 Å². The van der Waals surface area contributed by atoms with Gasteiger partial charge in [0.25, 0.3) is 5.91 Å². The Balaban J connectivity index is 1.66. The van der Waals surface area contributed by atoms with E-state index in [1.165, 1.54) is 0 Å². The van der Waals surface area contributed by atoms with Gasteiger partial charge in [0.05, 0.1) is 11.7 Å². The van der Waals surface area contributed by atoms with Gasteiger partial charge in [0.15, 0.2) is 11.5 Å². The van der Waals surface area contributed by atoms with Crippen LogP contribution in [0.4, 0.5) is 0 Å². The molecular formula is C15H20N2O4. The molecule has 2 aliphatic rings. The van der Waals surface area contributed by atoms with Crippen LogP contribution in [0.1, 0.15) is 17.3 Å². The molecular weight excluding hydrogens is 272 g/mol. The molecule has 0 saturated carbocycles. The molecule has 1 N–H and O–H groups in total. The van der Waals surface area contributed by atoms with Gasteiger partial charge >= 0.3 is 0 Å². The number of piperazine rings is 1. The maximum Gasteiger partial charge on any atom is 0.257 e. The van der Waals surface area contributed by atoms with Crippen LogP contribution in [-0.4, -0.2) is 66.4 Å². The Labute approximate surface area is 123 Å². The quantitative estimate of drug-likeness (QED) is 0.882. The van der Waals surface area contributed by atoms with E-state index < -0.39 is 0 Å². The van der Waals surface area contributed by atoms with Crippen molar-refractivity contribution in [3.05, 3.63) is 23.8 Å². The number of hydrogen-bond acceptors (Lipinski definition) is 5. The van der Waals surface area contributed by atoms with Crippen LogP contribution in [0.25, 0.3) is 0 Å². The number of aliphatic hydroxyl groups is 1. The van der Waals surface area contributed by atoms with Gasteiger partial charge in [-0.15, -0.1) is 0 Å². The Morgan fingerprint density at radius 1 is 1.29 bits per heavy atom. The van der Waals surface area contributed by atoms with Crippen molar-refractivity contribution in [2.24, 2.45) is 0 Å². The molecule has 0 unspecified atom stereocenters. The fourth-order valence-corrected chi connectivity index (χ4v) is 2.78. The monoisotopic (exact) mass is 292 g/mol. The Morgan fingerprint density at radius 3 is 2.76 bits per heavy atom. The van der Waals surface area contributed by atoms with Gasteiger partial charge in [-0.2, -0.15) is 0 Å². The number of carbonyl (C=O) groups excluding carboxylic acids is 1. The molecule has 1 amide bonds. The zero-order chi connectivity index (χ0) is 14.8. The summed E-state index contributed by atoms with van der Waals surface area (Å²) in [6.07, 6.45) is -0.338. The average Bonchev–Trinajstić information content (AvgIpc) is 2.95. The van der Waals surface area contributed by atoms with Crippen molar-refractivity contribution < 1.29 is 19.4 Å². The van der Waals surface area contributed by atoms with E-state index in [9.17, 15) is 9.90 Å². The maximum atomic E-state index is 12.6. The second-order valence-electron chi connectivity index (χ2n) is 5.48. The number of β-amino-alcohol motifs (C(OH)–C–C–N with tert-alkyl or cyclic N) is 1. The first-order valence-corrected chi connectivity index (χ1v) is 7.23. The molecule has 1 saturated heterocycles. The van der Waals surface area contributed by atoms with Crippen LogP contribution in [0.15, 0.2) is 18.2 Å². The fraction of sp³-hybridized carbons (Fsp3) is 0.533. The minimum absolute atomic E-state index is 0.0194. The van der Waals surface area contributed by atoms with E-state index in [4.69, 9.17) is 9.47 Å². The summed E-state index contributed by atoms with van der Waals surface area (Å²) in [5.74, 6) is 1.16. The van der Waals surface area contributed by atoms with Crippen LogP contribution in [-0.2, 0) is 0 Å². The molecule has 0 aromatic heterocycles. The van der Waals surface area contributed by atoms with Crippen molar-refractivity contribution in [3.8, 4) is 11.5 Å². The van der Waals surface area contributed by atoms with Gasteiger partial charge in [0, 0.05) is 32.7 Å². The van der Waals surface area contributed by atoms with E-state index in [-0.39, 0.29) is 18.8 Å². The highest BCUT2D eigenvalue weighted by Gasteiger charge is 2.27. The average molecular weight is 292 g/mol. The Bertz CT molecular complexity index is 524. The summed E-state index contributed by atoms with van der Waals surface area (Å²) in [6.45, 7) is 5.49. The Hall–Kier alpha value is -1.79. The molecule has 1 aromatic carbocycles. The molecule has 1 aromatic rings. The largest absolute Gasteiger partial charge is 0.454 e. The van der Waals surface area contributed by atoms with Crippen molar-refractivity contribution in [2.75, 3.05) is 39.5 Å². The molecule has 0 radical (unpaired) electrons. The number of nitrogens with zero attached hydrogens (tertiary/aromatic N) is 2. The lowest BCUT2D eigenvalue weighted by molar-refractivity contribution is 0.0551. The molecule has 2 aliphatic heterocycles. The number of hydrogen-bond donors (Lipinski definition) is 1. The summed E-state index contributed by atoms with van der Waals surface area (Å²) in [7, 11) is 0. The smallest absolute Gasteiger partial charge is 0.257 e.